The third-order valence-electron chi connectivity index (χ3n) is 4.41. The second kappa shape index (κ2) is 6.55. The molecule has 2 aromatic rings. The first-order valence-corrected chi connectivity index (χ1v) is 8.66. The number of aryl methyl sites for hydroxylation is 1. The Balaban J connectivity index is 1.79. The van der Waals surface area contributed by atoms with Gasteiger partial charge in [0.2, 0.25) is 0 Å². The molecular formula is C18H23NS. The predicted molar refractivity (Wildman–Crippen MR) is 87.5 cm³/mol. The molecule has 0 spiro atoms. The Kier molecular flexibility index (Phi) is 4.54. The van der Waals surface area contributed by atoms with E-state index >= 15 is 0 Å². The minimum absolute atomic E-state index is 0.502. The Morgan fingerprint density at radius 2 is 2.20 bits per heavy atom. The van der Waals surface area contributed by atoms with Crippen molar-refractivity contribution in [3.63, 3.8) is 0 Å². The molecule has 0 aliphatic heterocycles. The second-order valence-corrected chi connectivity index (χ2v) is 6.47. The third-order valence-corrected chi connectivity index (χ3v) is 5.11. The van der Waals surface area contributed by atoms with E-state index in [0.29, 0.717) is 12.0 Å². The van der Waals surface area contributed by atoms with Crippen LogP contribution in [0.5, 0.6) is 0 Å². The molecule has 1 aliphatic rings. The molecular weight excluding hydrogens is 262 g/mol. The van der Waals surface area contributed by atoms with Gasteiger partial charge in [0.25, 0.3) is 0 Å². The molecule has 0 saturated carbocycles. The van der Waals surface area contributed by atoms with Crippen LogP contribution < -0.4 is 5.32 Å². The highest BCUT2D eigenvalue weighted by Crippen LogP contribution is 2.37. The minimum atomic E-state index is 0.502. The van der Waals surface area contributed by atoms with E-state index in [2.05, 4.69) is 53.3 Å². The topological polar surface area (TPSA) is 12.0 Å². The molecule has 3 rings (SSSR count). The van der Waals surface area contributed by atoms with Crippen molar-refractivity contribution >= 4 is 11.3 Å². The molecule has 106 valence electrons. The van der Waals surface area contributed by atoms with Gasteiger partial charge < -0.3 is 5.32 Å². The number of benzene rings is 1. The van der Waals surface area contributed by atoms with Gasteiger partial charge in [-0.05, 0) is 71.7 Å². The average molecular weight is 285 g/mol. The fourth-order valence-electron chi connectivity index (χ4n) is 3.44. The smallest absolute Gasteiger partial charge is 0.0334 e. The molecule has 1 aromatic carbocycles. The maximum Gasteiger partial charge on any atom is 0.0334 e. The first-order valence-electron chi connectivity index (χ1n) is 7.71. The van der Waals surface area contributed by atoms with Gasteiger partial charge in [0.05, 0.1) is 0 Å². The molecule has 0 bridgehead atoms. The van der Waals surface area contributed by atoms with Crippen LogP contribution in [-0.4, -0.2) is 6.54 Å². The van der Waals surface area contributed by atoms with E-state index in [-0.39, 0.29) is 0 Å². The van der Waals surface area contributed by atoms with Crippen LogP contribution in [0.2, 0.25) is 0 Å². The number of thiophene rings is 1. The SMILES string of the molecule is CCNC(CC1CCCc2ccccc21)c1ccsc1. The third kappa shape index (κ3) is 2.97. The van der Waals surface area contributed by atoms with E-state index < -0.39 is 0 Å². The van der Waals surface area contributed by atoms with Gasteiger partial charge >= 0.3 is 0 Å². The summed E-state index contributed by atoms with van der Waals surface area (Å²) in [6, 6.07) is 11.8. The van der Waals surface area contributed by atoms with Gasteiger partial charge in [0.1, 0.15) is 0 Å². The van der Waals surface area contributed by atoms with E-state index in [9.17, 15) is 0 Å². The highest BCUT2D eigenvalue weighted by molar-refractivity contribution is 7.07. The summed E-state index contributed by atoms with van der Waals surface area (Å²) in [5.41, 5.74) is 4.63. The van der Waals surface area contributed by atoms with E-state index in [1.807, 2.05) is 0 Å². The van der Waals surface area contributed by atoms with Crippen molar-refractivity contribution in [3.8, 4) is 0 Å². The Bertz CT molecular complexity index is 532. The summed E-state index contributed by atoms with van der Waals surface area (Å²) in [7, 11) is 0. The summed E-state index contributed by atoms with van der Waals surface area (Å²) in [4.78, 5) is 0. The number of fused-ring (bicyclic) bond motifs is 1. The Hall–Kier alpha value is -1.12. The molecule has 20 heavy (non-hydrogen) atoms. The minimum Gasteiger partial charge on any atom is -0.310 e. The number of hydrogen-bond acceptors (Lipinski definition) is 2. The van der Waals surface area contributed by atoms with Crippen LogP contribution >= 0.6 is 11.3 Å². The fourth-order valence-corrected chi connectivity index (χ4v) is 4.16. The summed E-state index contributed by atoms with van der Waals surface area (Å²) >= 11 is 1.80. The van der Waals surface area contributed by atoms with Gasteiger partial charge in [0.15, 0.2) is 0 Å². The van der Waals surface area contributed by atoms with Gasteiger partial charge in [0, 0.05) is 6.04 Å². The van der Waals surface area contributed by atoms with Crippen molar-refractivity contribution in [2.75, 3.05) is 6.54 Å². The molecule has 0 radical (unpaired) electrons. The normalized spacial score (nSPS) is 19.6. The van der Waals surface area contributed by atoms with E-state index in [1.165, 1.54) is 31.2 Å². The van der Waals surface area contributed by atoms with E-state index in [0.717, 1.165) is 6.54 Å². The highest BCUT2D eigenvalue weighted by Gasteiger charge is 2.23. The van der Waals surface area contributed by atoms with Gasteiger partial charge in [-0.3, -0.25) is 0 Å². The first-order chi connectivity index (χ1) is 9.88. The maximum atomic E-state index is 3.67. The largest absolute Gasteiger partial charge is 0.310 e. The van der Waals surface area contributed by atoms with Crippen molar-refractivity contribution in [2.45, 2.75) is 44.6 Å². The monoisotopic (exact) mass is 285 g/mol. The molecule has 1 nitrogen and oxygen atoms in total. The van der Waals surface area contributed by atoms with Gasteiger partial charge in [-0.25, -0.2) is 0 Å². The molecule has 2 atom stereocenters. The molecule has 2 heteroatoms. The second-order valence-electron chi connectivity index (χ2n) is 5.69. The summed E-state index contributed by atoms with van der Waals surface area (Å²) < 4.78 is 0. The van der Waals surface area contributed by atoms with Crippen LogP contribution in [0, 0.1) is 0 Å². The highest BCUT2D eigenvalue weighted by atomic mass is 32.1. The molecule has 1 heterocycles. The zero-order valence-corrected chi connectivity index (χ0v) is 13.0. The van der Waals surface area contributed by atoms with Crippen LogP contribution in [-0.2, 0) is 6.42 Å². The van der Waals surface area contributed by atoms with Crippen LogP contribution in [0.3, 0.4) is 0 Å². The molecule has 0 saturated heterocycles. The fraction of sp³-hybridized carbons (Fsp3) is 0.444. The molecule has 2 unspecified atom stereocenters. The zero-order valence-electron chi connectivity index (χ0n) is 12.1. The molecule has 1 aliphatic carbocycles. The van der Waals surface area contributed by atoms with Gasteiger partial charge in [-0.15, -0.1) is 0 Å². The van der Waals surface area contributed by atoms with Crippen molar-refractivity contribution < 1.29 is 0 Å². The van der Waals surface area contributed by atoms with E-state index in [1.54, 1.807) is 22.5 Å². The number of rotatable bonds is 5. The Morgan fingerprint density at radius 1 is 1.30 bits per heavy atom. The van der Waals surface area contributed by atoms with Crippen molar-refractivity contribution in [2.24, 2.45) is 0 Å². The van der Waals surface area contributed by atoms with Crippen LogP contribution in [0.25, 0.3) is 0 Å². The molecule has 0 amide bonds. The maximum absolute atomic E-state index is 3.67. The lowest BCUT2D eigenvalue weighted by Gasteiger charge is -2.29. The van der Waals surface area contributed by atoms with Crippen LogP contribution in [0.15, 0.2) is 41.1 Å². The van der Waals surface area contributed by atoms with Crippen LogP contribution in [0.1, 0.15) is 54.8 Å². The lowest BCUT2D eigenvalue weighted by atomic mass is 9.79. The molecule has 1 aromatic heterocycles. The summed E-state index contributed by atoms with van der Waals surface area (Å²) in [6.07, 6.45) is 5.16. The van der Waals surface area contributed by atoms with Crippen molar-refractivity contribution in [1.82, 2.24) is 5.32 Å². The predicted octanol–water partition coefficient (Wildman–Crippen LogP) is 4.91. The standard InChI is InChI=1S/C18H23NS/c1-2-19-18(16-10-11-20-13-16)12-15-8-5-7-14-6-3-4-9-17(14)15/h3-4,6,9-11,13,15,18-19H,2,5,7-8,12H2,1H3. The average Bonchev–Trinajstić information content (AvgIpc) is 3.01. The lowest BCUT2D eigenvalue weighted by molar-refractivity contribution is 0.427. The lowest BCUT2D eigenvalue weighted by Crippen LogP contribution is -2.24. The summed E-state index contributed by atoms with van der Waals surface area (Å²) in [5, 5.41) is 8.15. The number of hydrogen-bond donors (Lipinski definition) is 1. The summed E-state index contributed by atoms with van der Waals surface area (Å²) in [6.45, 7) is 3.24. The van der Waals surface area contributed by atoms with Crippen LogP contribution in [0.4, 0.5) is 0 Å². The van der Waals surface area contributed by atoms with Crippen molar-refractivity contribution in [3.05, 3.63) is 57.8 Å². The Morgan fingerprint density at radius 3 is 3.00 bits per heavy atom. The molecule has 1 N–H and O–H groups in total. The first kappa shape index (κ1) is 13.8. The van der Waals surface area contributed by atoms with Crippen molar-refractivity contribution in [1.29, 1.82) is 0 Å². The van der Waals surface area contributed by atoms with E-state index in [4.69, 9.17) is 0 Å². The van der Waals surface area contributed by atoms with Gasteiger partial charge in [-0.2, -0.15) is 11.3 Å². The zero-order chi connectivity index (χ0) is 13.8. The molecule has 0 fully saturated rings. The number of nitrogens with one attached hydrogen (secondary N) is 1. The summed E-state index contributed by atoms with van der Waals surface area (Å²) in [5.74, 6) is 0.712. The van der Waals surface area contributed by atoms with Gasteiger partial charge in [-0.1, -0.05) is 31.2 Å². The Labute approximate surface area is 126 Å². The quantitative estimate of drug-likeness (QED) is 0.823.